The van der Waals surface area contributed by atoms with Gasteiger partial charge in [-0.25, -0.2) is 0 Å². The van der Waals surface area contributed by atoms with Crippen molar-refractivity contribution in [1.82, 2.24) is 10.2 Å². The lowest BCUT2D eigenvalue weighted by atomic mass is 9.78. The molecule has 4 heteroatoms. The molecule has 0 spiro atoms. The number of nitrogens with one attached hydrogen (secondary N) is 1. The summed E-state index contributed by atoms with van der Waals surface area (Å²) >= 11 is 0. The number of rotatable bonds is 6. The van der Waals surface area contributed by atoms with Gasteiger partial charge in [-0.3, -0.25) is 4.90 Å². The van der Waals surface area contributed by atoms with E-state index in [-0.39, 0.29) is 11.1 Å². The number of benzene rings is 1. The van der Waals surface area contributed by atoms with Crippen molar-refractivity contribution in [1.29, 1.82) is 0 Å². The Balaban J connectivity index is 1.77. The number of hydrogen-bond acceptors (Lipinski definition) is 4. The van der Waals surface area contributed by atoms with Crippen LogP contribution in [0.5, 0.6) is 5.75 Å². The second-order valence-electron chi connectivity index (χ2n) is 9.46. The van der Waals surface area contributed by atoms with Crippen molar-refractivity contribution in [2.75, 3.05) is 26.9 Å². The van der Waals surface area contributed by atoms with Gasteiger partial charge in [0.25, 0.3) is 0 Å². The van der Waals surface area contributed by atoms with Crippen molar-refractivity contribution in [3.63, 3.8) is 0 Å². The highest BCUT2D eigenvalue weighted by Crippen LogP contribution is 2.33. The fourth-order valence-corrected chi connectivity index (χ4v) is 4.89. The summed E-state index contributed by atoms with van der Waals surface area (Å²) in [6, 6.07) is 9.14. The number of nitrogens with zero attached hydrogens (tertiary/aromatic N) is 1. The Bertz CT molecular complexity index is 560. The van der Waals surface area contributed by atoms with Crippen LogP contribution in [-0.2, 0) is 11.3 Å². The van der Waals surface area contributed by atoms with E-state index in [9.17, 15) is 0 Å². The summed E-state index contributed by atoms with van der Waals surface area (Å²) in [4.78, 5) is 2.71. The summed E-state index contributed by atoms with van der Waals surface area (Å²) < 4.78 is 11.0. The Labute approximate surface area is 159 Å². The van der Waals surface area contributed by atoms with Crippen molar-refractivity contribution < 1.29 is 9.47 Å². The van der Waals surface area contributed by atoms with Crippen LogP contribution in [0.2, 0.25) is 0 Å². The highest BCUT2D eigenvalue weighted by Gasteiger charge is 2.40. The largest absolute Gasteiger partial charge is 0.497 e. The Kier molecular flexibility index (Phi) is 5.95. The molecule has 2 saturated heterocycles. The molecule has 2 aliphatic heterocycles. The van der Waals surface area contributed by atoms with Gasteiger partial charge in [0.05, 0.1) is 13.7 Å². The van der Waals surface area contributed by atoms with Crippen LogP contribution in [0, 0.1) is 5.92 Å². The molecule has 26 heavy (non-hydrogen) atoms. The van der Waals surface area contributed by atoms with E-state index < -0.39 is 0 Å². The van der Waals surface area contributed by atoms with E-state index >= 15 is 0 Å². The molecule has 0 bridgehead atoms. The lowest BCUT2D eigenvalue weighted by Gasteiger charge is -2.50. The van der Waals surface area contributed by atoms with E-state index in [1.165, 1.54) is 24.8 Å². The SMILES string of the molecule is COc1ccc(CN(C[C@H]2CCOC2)C2CC(C)(C)NC(C)(C)C2)cc1. The summed E-state index contributed by atoms with van der Waals surface area (Å²) in [6.07, 6.45) is 3.55. The van der Waals surface area contributed by atoms with E-state index in [2.05, 4.69) is 62.2 Å². The summed E-state index contributed by atoms with van der Waals surface area (Å²) in [7, 11) is 1.72. The second-order valence-corrected chi connectivity index (χ2v) is 9.46. The molecule has 0 aromatic heterocycles. The zero-order chi connectivity index (χ0) is 18.8. The molecule has 1 N–H and O–H groups in total. The molecule has 0 amide bonds. The molecule has 0 saturated carbocycles. The standard InChI is InChI=1S/C22H36N2O2/c1-21(2)12-19(13-22(3,4)23-21)24(15-18-10-11-26-16-18)14-17-6-8-20(25-5)9-7-17/h6-9,18-19,23H,10-16H2,1-5H3/t18-/m1/s1. The topological polar surface area (TPSA) is 33.7 Å². The number of piperidine rings is 1. The Morgan fingerprint density at radius 1 is 1.12 bits per heavy atom. The fraction of sp³-hybridized carbons (Fsp3) is 0.727. The monoisotopic (exact) mass is 360 g/mol. The summed E-state index contributed by atoms with van der Waals surface area (Å²) in [5.41, 5.74) is 1.69. The predicted molar refractivity (Wildman–Crippen MR) is 107 cm³/mol. The molecule has 0 unspecified atom stereocenters. The van der Waals surface area contributed by atoms with Crippen molar-refractivity contribution >= 4 is 0 Å². The number of methoxy groups -OCH3 is 1. The molecule has 2 fully saturated rings. The Morgan fingerprint density at radius 3 is 2.31 bits per heavy atom. The normalized spacial score (nSPS) is 25.5. The first-order chi connectivity index (χ1) is 12.3. The van der Waals surface area contributed by atoms with E-state index in [4.69, 9.17) is 9.47 Å². The van der Waals surface area contributed by atoms with Crippen molar-refractivity contribution in [3.05, 3.63) is 29.8 Å². The van der Waals surface area contributed by atoms with Crippen LogP contribution in [0.1, 0.15) is 52.5 Å². The van der Waals surface area contributed by atoms with E-state index in [1.807, 2.05) is 0 Å². The summed E-state index contributed by atoms with van der Waals surface area (Å²) in [6.45, 7) is 13.3. The molecule has 4 nitrogen and oxygen atoms in total. The van der Waals surface area contributed by atoms with Gasteiger partial charge >= 0.3 is 0 Å². The second kappa shape index (κ2) is 7.87. The number of hydrogen-bond donors (Lipinski definition) is 1. The highest BCUT2D eigenvalue weighted by atomic mass is 16.5. The zero-order valence-corrected chi connectivity index (χ0v) is 17.2. The predicted octanol–water partition coefficient (Wildman–Crippen LogP) is 3.84. The van der Waals surface area contributed by atoms with E-state index in [1.54, 1.807) is 7.11 Å². The first kappa shape index (κ1) is 19.7. The maximum atomic E-state index is 5.65. The fourth-order valence-electron chi connectivity index (χ4n) is 4.89. The van der Waals surface area contributed by atoms with Gasteiger partial charge in [0.2, 0.25) is 0 Å². The lowest BCUT2D eigenvalue weighted by molar-refractivity contribution is 0.0493. The molecule has 2 heterocycles. The minimum atomic E-state index is 0.163. The van der Waals surface area contributed by atoms with Crippen molar-refractivity contribution in [2.45, 2.75) is 70.6 Å². The van der Waals surface area contributed by atoms with Crippen LogP contribution >= 0.6 is 0 Å². The van der Waals surface area contributed by atoms with Gasteiger partial charge in [0, 0.05) is 36.8 Å². The van der Waals surface area contributed by atoms with Gasteiger partial charge in [-0.15, -0.1) is 0 Å². The third-order valence-electron chi connectivity index (χ3n) is 5.75. The van der Waals surface area contributed by atoms with Crippen LogP contribution < -0.4 is 10.1 Å². The molecule has 0 aliphatic carbocycles. The zero-order valence-electron chi connectivity index (χ0n) is 17.2. The first-order valence-corrected chi connectivity index (χ1v) is 10.0. The highest BCUT2D eigenvalue weighted by molar-refractivity contribution is 5.27. The smallest absolute Gasteiger partial charge is 0.118 e. The lowest BCUT2D eigenvalue weighted by Crippen LogP contribution is -2.62. The third-order valence-corrected chi connectivity index (χ3v) is 5.75. The summed E-state index contributed by atoms with van der Waals surface area (Å²) in [5, 5.41) is 3.82. The van der Waals surface area contributed by atoms with Crippen LogP contribution in [0.15, 0.2) is 24.3 Å². The molecule has 2 aliphatic rings. The molecule has 1 aromatic rings. The average Bonchev–Trinajstić information content (AvgIpc) is 3.05. The van der Waals surface area contributed by atoms with Gasteiger partial charge in [-0.1, -0.05) is 12.1 Å². The van der Waals surface area contributed by atoms with Crippen LogP contribution in [0.25, 0.3) is 0 Å². The van der Waals surface area contributed by atoms with Gasteiger partial charge < -0.3 is 14.8 Å². The molecule has 1 atom stereocenters. The molecule has 1 aromatic carbocycles. The Hall–Kier alpha value is -1.10. The molecule has 3 rings (SSSR count). The molecule has 146 valence electrons. The molecule has 0 radical (unpaired) electrons. The van der Waals surface area contributed by atoms with Crippen LogP contribution in [0.4, 0.5) is 0 Å². The third kappa shape index (κ3) is 5.21. The van der Waals surface area contributed by atoms with Gasteiger partial charge in [0.1, 0.15) is 5.75 Å². The quantitative estimate of drug-likeness (QED) is 0.836. The average molecular weight is 361 g/mol. The maximum Gasteiger partial charge on any atom is 0.118 e. The molecular formula is C22H36N2O2. The van der Waals surface area contributed by atoms with Gasteiger partial charge in [-0.05, 0) is 70.6 Å². The Morgan fingerprint density at radius 2 is 1.77 bits per heavy atom. The molecular weight excluding hydrogens is 324 g/mol. The van der Waals surface area contributed by atoms with E-state index in [0.29, 0.717) is 12.0 Å². The maximum absolute atomic E-state index is 5.65. The van der Waals surface area contributed by atoms with Gasteiger partial charge in [0.15, 0.2) is 0 Å². The van der Waals surface area contributed by atoms with E-state index in [0.717, 1.165) is 32.1 Å². The minimum Gasteiger partial charge on any atom is -0.497 e. The number of ether oxygens (including phenoxy) is 2. The summed E-state index contributed by atoms with van der Waals surface area (Å²) in [5.74, 6) is 1.59. The van der Waals surface area contributed by atoms with Crippen molar-refractivity contribution in [3.8, 4) is 5.75 Å². The van der Waals surface area contributed by atoms with Crippen LogP contribution in [0.3, 0.4) is 0 Å². The van der Waals surface area contributed by atoms with Crippen LogP contribution in [-0.4, -0.2) is 48.9 Å². The van der Waals surface area contributed by atoms with Crippen molar-refractivity contribution in [2.24, 2.45) is 5.92 Å². The minimum absolute atomic E-state index is 0.163. The first-order valence-electron chi connectivity index (χ1n) is 10.0. The van der Waals surface area contributed by atoms with Gasteiger partial charge in [-0.2, -0.15) is 0 Å².